The van der Waals surface area contributed by atoms with Crippen molar-refractivity contribution in [3.05, 3.63) is 52.8 Å². The molecule has 6 nitrogen and oxygen atoms in total. The number of amides is 1. The van der Waals surface area contributed by atoms with Gasteiger partial charge in [-0.15, -0.1) is 0 Å². The number of carbonyl (C=O) groups is 1. The second-order valence-electron chi connectivity index (χ2n) is 6.88. The fraction of sp³-hybridized carbons (Fsp3) is 0.333. The summed E-state index contributed by atoms with van der Waals surface area (Å²) < 4.78 is 32.7. The van der Waals surface area contributed by atoms with Gasteiger partial charge in [-0.2, -0.15) is 4.99 Å². The zero-order valence-electron chi connectivity index (χ0n) is 16.9. The van der Waals surface area contributed by atoms with Crippen LogP contribution in [-0.2, 0) is 27.6 Å². The highest BCUT2D eigenvalue weighted by Crippen LogP contribution is 2.23. The number of aryl methyl sites for hydroxylation is 1. The first-order valence-corrected chi connectivity index (χ1v) is 11.7. The van der Waals surface area contributed by atoms with Gasteiger partial charge in [0.2, 0.25) is 0 Å². The number of hydrogen-bond donors (Lipinski definition) is 0. The average molecular weight is 433 g/mol. The van der Waals surface area contributed by atoms with Crippen molar-refractivity contribution in [2.24, 2.45) is 4.99 Å². The lowest BCUT2D eigenvalue weighted by Gasteiger charge is -2.08. The third-order valence-corrected chi connectivity index (χ3v) is 7.87. The molecule has 0 saturated carbocycles. The van der Waals surface area contributed by atoms with Crippen molar-refractivity contribution in [3.8, 4) is 5.75 Å². The van der Waals surface area contributed by atoms with Crippen molar-refractivity contribution in [2.45, 2.75) is 43.9 Å². The van der Waals surface area contributed by atoms with Gasteiger partial charge in [-0.25, -0.2) is 8.42 Å². The van der Waals surface area contributed by atoms with Crippen molar-refractivity contribution in [2.75, 3.05) is 7.11 Å². The first kappa shape index (κ1) is 21.3. The van der Waals surface area contributed by atoms with E-state index in [9.17, 15) is 13.2 Å². The van der Waals surface area contributed by atoms with Crippen molar-refractivity contribution in [1.82, 2.24) is 4.57 Å². The van der Waals surface area contributed by atoms with Crippen LogP contribution < -0.4 is 9.54 Å². The average Bonchev–Trinajstić information content (AvgIpc) is 3.03. The van der Waals surface area contributed by atoms with Crippen LogP contribution in [0.3, 0.4) is 0 Å². The SMILES string of the molecule is CCn1c(=NC(=O)Cc2ccc(S(=O)(=O)C(C)C)cc2)sc2cc(OC)ccc21. The van der Waals surface area contributed by atoms with Gasteiger partial charge < -0.3 is 9.30 Å². The van der Waals surface area contributed by atoms with Crippen LogP contribution in [0, 0.1) is 0 Å². The highest BCUT2D eigenvalue weighted by molar-refractivity contribution is 7.92. The molecule has 0 atom stereocenters. The van der Waals surface area contributed by atoms with E-state index in [1.165, 1.54) is 11.3 Å². The summed E-state index contributed by atoms with van der Waals surface area (Å²) in [4.78, 5) is 17.7. The maximum absolute atomic E-state index is 12.5. The first-order chi connectivity index (χ1) is 13.8. The highest BCUT2D eigenvalue weighted by Gasteiger charge is 2.18. The summed E-state index contributed by atoms with van der Waals surface area (Å²) in [5, 5.41) is -0.485. The Morgan fingerprint density at radius 3 is 2.45 bits per heavy atom. The zero-order chi connectivity index (χ0) is 21.2. The number of thiazole rings is 1. The number of ether oxygens (including phenoxy) is 1. The number of methoxy groups -OCH3 is 1. The van der Waals surface area contributed by atoms with Crippen LogP contribution in [0.25, 0.3) is 10.2 Å². The lowest BCUT2D eigenvalue weighted by molar-refractivity contribution is -0.117. The lowest BCUT2D eigenvalue weighted by Crippen LogP contribution is -2.16. The molecular formula is C21H24N2O4S2. The van der Waals surface area contributed by atoms with Crippen molar-refractivity contribution >= 4 is 37.3 Å². The van der Waals surface area contributed by atoms with Crippen molar-refractivity contribution < 1.29 is 17.9 Å². The van der Waals surface area contributed by atoms with E-state index in [-0.39, 0.29) is 17.2 Å². The van der Waals surface area contributed by atoms with Crippen molar-refractivity contribution in [1.29, 1.82) is 0 Å². The molecule has 0 unspecified atom stereocenters. The normalized spacial score (nSPS) is 12.7. The van der Waals surface area contributed by atoms with Gasteiger partial charge in [0.1, 0.15) is 5.75 Å². The Bertz CT molecular complexity index is 1200. The molecule has 0 N–H and O–H groups in total. The minimum absolute atomic E-state index is 0.114. The number of sulfone groups is 1. The second-order valence-corrected chi connectivity index (χ2v) is 10.4. The molecule has 1 heterocycles. The second kappa shape index (κ2) is 8.51. The van der Waals surface area contributed by atoms with E-state index < -0.39 is 15.1 Å². The van der Waals surface area contributed by atoms with Gasteiger partial charge in [0.15, 0.2) is 14.6 Å². The summed E-state index contributed by atoms with van der Waals surface area (Å²) in [6.45, 7) is 6.00. The number of fused-ring (bicyclic) bond motifs is 1. The summed E-state index contributed by atoms with van der Waals surface area (Å²) >= 11 is 1.44. The fourth-order valence-corrected chi connectivity index (χ4v) is 5.16. The van der Waals surface area contributed by atoms with Crippen LogP contribution >= 0.6 is 11.3 Å². The summed E-state index contributed by atoms with van der Waals surface area (Å²) in [6, 6.07) is 12.2. The number of benzene rings is 2. The number of aromatic nitrogens is 1. The molecule has 1 amide bonds. The topological polar surface area (TPSA) is 77.7 Å². The van der Waals surface area contributed by atoms with E-state index in [2.05, 4.69) is 4.99 Å². The molecule has 3 aromatic rings. The molecule has 0 aliphatic carbocycles. The predicted octanol–water partition coefficient (Wildman–Crippen LogP) is 3.58. The maximum Gasteiger partial charge on any atom is 0.252 e. The number of rotatable bonds is 6. The Hall–Kier alpha value is -2.45. The molecule has 0 aliphatic heterocycles. The Labute approximate surface area is 174 Å². The fourth-order valence-electron chi connectivity index (χ4n) is 2.96. The molecule has 0 spiro atoms. The summed E-state index contributed by atoms with van der Waals surface area (Å²) in [7, 11) is -1.70. The molecule has 0 fully saturated rings. The number of carbonyl (C=O) groups excluding carboxylic acids is 1. The largest absolute Gasteiger partial charge is 0.497 e. The van der Waals surface area contributed by atoms with Crippen LogP contribution in [0.4, 0.5) is 0 Å². The molecule has 0 saturated heterocycles. The summed E-state index contributed by atoms with van der Waals surface area (Å²) in [5.74, 6) is 0.488. The Morgan fingerprint density at radius 2 is 1.86 bits per heavy atom. The van der Waals surface area contributed by atoms with Gasteiger partial charge in [-0.1, -0.05) is 23.5 Å². The number of nitrogens with zero attached hydrogens (tertiary/aromatic N) is 2. The minimum Gasteiger partial charge on any atom is -0.497 e. The third kappa shape index (κ3) is 4.43. The molecule has 8 heteroatoms. The van der Waals surface area contributed by atoms with Gasteiger partial charge in [-0.3, -0.25) is 4.79 Å². The highest BCUT2D eigenvalue weighted by atomic mass is 32.2. The maximum atomic E-state index is 12.5. The Balaban J connectivity index is 1.87. The summed E-state index contributed by atoms with van der Waals surface area (Å²) in [5.41, 5.74) is 1.74. The van der Waals surface area contributed by atoms with Gasteiger partial charge in [0, 0.05) is 6.54 Å². The van der Waals surface area contributed by atoms with Crippen LogP contribution in [0.15, 0.2) is 52.4 Å². The molecule has 29 heavy (non-hydrogen) atoms. The van der Waals surface area contributed by atoms with Crippen LogP contribution in [0.5, 0.6) is 5.75 Å². The minimum atomic E-state index is -3.32. The molecule has 1 aromatic heterocycles. The molecule has 0 bridgehead atoms. The zero-order valence-corrected chi connectivity index (χ0v) is 18.5. The van der Waals surface area contributed by atoms with Crippen LogP contribution in [0.2, 0.25) is 0 Å². The van der Waals surface area contributed by atoms with Gasteiger partial charge in [-0.05, 0) is 56.7 Å². The molecule has 154 valence electrons. The molecule has 3 rings (SSSR count). The smallest absolute Gasteiger partial charge is 0.252 e. The quantitative estimate of drug-likeness (QED) is 0.596. The first-order valence-electron chi connectivity index (χ1n) is 9.34. The molecule has 0 aliphatic rings. The van der Waals surface area contributed by atoms with E-state index in [0.717, 1.165) is 21.5 Å². The van der Waals surface area contributed by atoms with Gasteiger partial charge >= 0.3 is 0 Å². The van der Waals surface area contributed by atoms with Gasteiger partial charge in [0.05, 0.1) is 33.9 Å². The molecular weight excluding hydrogens is 408 g/mol. The van der Waals surface area contributed by atoms with Gasteiger partial charge in [0.25, 0.3) is 5.91 Å². The van der Waals surface area contributed by atoms with Crippen LogP contribution in [-0.4, -0.2) is 31.3 Å². The number of hydrogen-bond acceptors (Lipinski definition) is 5. The van der Waals surface area contributed by atoms with E-state index in [1.54, 1.807) is 45.2 Å². The van der Waals surface area contributed by atoms with E-state index >= 15 is 0 Å². The van der Waals surface area contributed by atoms with E-state index in [0.29, 0.717) is 11.3 Å². The predicted molar refractivity (Wildman–Crippen MR) is 115 cm³/mol. The Kier molecular flexibility index (Phi) is 6.24. The Morgan fingerprint density at radius 1 is 1.17 bits per heavy atom. The monoisotopic (exact) mass is 432 g/mol. The van der Waals surface area contributed by atoms with E-state index in [1.807, 2.05) is 29.7 Å². The lowest BCUT2D eigenvalue weighted by atomic mass is 10.1. The van der Waals surface area contributed by atoms with E-state index in [4.69, 9.17) is 4.74 Å². The molecule has 0 radical (unpaired) electrons. The standard InChI is InChI=1S/C21H24N2O4S2/c1-5-23-18-11-8-16(27-4)13-19(18)28-21(23)22-20(24)12-15-6-9-17(10-7-15)29(25,26)14(2)3/h6-11,13-14H,5,12H2,1-4H3. The molecule has 2 aromatic carbocycles. The summed E-state index contributed by atoms with van der Waals surface area (Å²) in [6.07, 6.45) is 0.114. The third-order valence-electron chi connectivity index (χ3n) is 4.65. The van der Waals surface area contributed by atoms with Crippen molar-refractivity contribution in [3.63, 3.8) is 0 Å². The van der Waals surface area contributed by atoms with Crippen LogP contribution in [0.1, 0.15) is 26.3 Å².